The van der Waals surface area contributed by atoms with Crippen molar-refractivity contribution in [2.24, 2.45) is 0 Å². The zero-order chi connectivity index (χ0) is 25.4. The molecule has 0 saturated carbocycles. The molecule has 0 radical (unpaired) electrons. The van der Waals surface area contributed by atoms with E-state index in [4.69, 9.17) is 0 Å². The van der Waals surface area contributed by atoms with E-state index in [1.807, 2.05) is 0 Å². The Balaban J connectivity index is 1.17. The molecule has 0 heterocycles. The molecule has 2 aliphatic rings. The maximum Gasteiger partial charge on any atom is 0.0390 e. The third-order valence-corrected chi connectivity index (χ3v) is 8.67. The first-order valence-electron chi connectivity index (χ1n) is 13.2. The predicted octanol–water partition coefficient (Wildman–Crippen LogP) is 9.71. The molecule has 5 aromatic rings. The number of nitrogens with one attached hydrogen (secondary N) is 1. The van der Waals surface area contributed by atoms with Crippen molar-refractivity contribution >= 4 is 11.4 Å². The van der Waals surface area contributed by atoms with Crippen LogP contribution in [0, 0.1) is 0 Å². The van der Waals surface area contributed by atoms with E-state index in [1.165, 1.54) is 55.6 Å². The van der Waals surface area contributed by atoms with Crippen molar-refractivity contribution < 1.29 is 0 Å². The van der Waals surface area contributed by atoms with Gasteiger partial charge in [-0.05, 0) is 86.0 Å². The maximum absolute atomic E-state index is 3.64. The number of hydrogen-bond acceptors (Lipinski definition) is 1. The van der Waals surface area contributed by atoms with Gasteiger partial charge < -0.3 is 5.32 Å². The monoisotopic (exact) mass is 477 g/mol. The molecule has 1 N–H and O–H groups in total. The summed E-state index contributed by atoms with van der Waals surface area (Å²) in [6, 6.07) is 40.2. The van der Waals surface area contributed by atoms with Gasteiger partial charge in [-0.25, -0.2) is 0 Å². The lowest BCUT2D eigenvalue weighted by Gasteiger charge is -2.22. The Bertz CT molecular complexity index is 1690. The summed E-state index contributed by atoms with van der Waals surface area (Å²) >= 11 is 0. The molecule has 0 aromatic heterocycles. The van der Waals surface area contributed by atoms with Crippen LogP contribution in [0.2, 0.25) is 0 Å². The minimum atomic E-state index is 0.0180. The van der Waals surface area contributed by atoms with Crippen molar-refractivity contribution in [1.82, 2.24) is 0 Å². The van der Waals surface area contributed by atoms with E-state index in [0.717, 1.165) is 11.4 Å². The summed E-state index contributed by atoms with van der Waals surface area (Å²) in [6.07, 6.45) is 0. The van der Waals surface area contributed by atoms with E-state index in [1.54, 1.807) is 0 Å². The summed E-state index contributed by atoms with van der Waals surface area (Å²) in [5.41, 5.74) is 15.8. The van der Waals surface area contributed by atoms with Crippen LogP contribution in [0.4, 0.5) is 11.4 Å². The number of benzene rings is 5. The normalized spacial score (nSPS) is 15.5. The van der Waals surface area contributed by atoms with Gasteiger partial charge in [0.2, 0.25) is 0 Å². The highest BCUT2D eigenvalue weighted by molar-refractivity contribution is 5.85. The molecule has 2 aliphatic carbocycles. The molecular formula is C36H31N. The molecule has 0 atom stereocenters. The highest BCUT2D eigenvalue weighted by Crippen LogP contribution is 2.50. The summed E-state index contributed by atoms with van der Waals surface area (Å²) in [4.78, 5) is 0. The second-order valence-corrected chi connectivity index (χ2v) is 11.6. The average molecular weight is 478 g/mol. The van der Waals surface area contributed by atoms with Crippen molar-refractivity contribution in [1.29, 1.82) is 0 Å². The standard InChI is InChI=1S/C36H31N/c1-35(2)32-12-8-6-10-28(32)30-22-26(18-20-33(30)35)37-25-16-13-23(14-17-25)24-15-19-29-27-9-5-7-11-31(27)36(3,4)34(29)21-24/h5-22,37H,1-4H3. The first kappa shape index (κ1) is 22.1. The van der Waals surface area contributed by atoms with Gasteiger partial charge in [0, 0.05) is 22.2 Å². The smallest absolute Gasteiger partial charge is 0.0390 e. The molecule has 1 nitrogen and oxygen atoms in total. The van der Waals surface area contributed by atoms with Crippen molar-refractivity contribution in [3.05, 3.63) is 131 Å². The third-order valence-electron chi connectivity index (χ3n) is 8.67. The zero-order valence-electron chi connectivity index (χ0n) is 21.9. The van der Waals surface area contributed by atoms with Crippen LogP contribution in [-0.2, 0) is 10.8 Å². The van der Waals surface area contributed by atoms with Crippen molar-refractivity contribution in [3.63, 3.8) is 0 Å². The zero-order valence-corrected chi connectivity index (χ0v) is 21.9. The van der Waals surface area contributed by atoms with Crippen LogP contribution >= 0.6 is 0 Å². The average Bonchev–Trinajstić information content (AvgIpc) is 3.29. The summed E-state index contributed by atoms with van der Waals surface area (Å²) in [5.74, 6) is 0. The lowest BCUT2D eigenvalue weighted by Crippen LogP contribution is -2.14. The largest absolute Gasteiger partial charge is 0.356 e. The van der Waals surface area contributed by atoms with Gasteiger partial charge in [-0.3, -0.25) is 0 Å². The second kappa shape index (κ2) is 7.70. The van der Waals surface area contributed by atoms with Crippen molar-refractivity contribution in [3.8, 4) is 33.4 Å². The van der Waals surface area contributed by atoms with E-state index in [9.17, 15) is 0 Å². The Hall–Kier alpha value is -4.10. The van der Waals surface area contributed by atoms with Crippen molar-refractivity contribution in [2.45, 2.75) is 38.5 Å². The highest BCUT2D eigenvalue weighted by Gasteiger charge is 2.36. The van der Waals surface area contributed by atoms with Gasteiger partial charge in [0.15, 0.2) is 0 Å². The Labute approximate surface area is 219 Å². The van der Waals surface area contributed by atoms with Crippen molar-refractivity contribution in [2.75, 3.05) is 5.32 Å². The van der Waals surface area contributed by atoms with Crippen LogP contribution in [0.5, 0.6) is 0 Å². The summed E-state index contributed by atoms with van der Waals surface area (Å²) in [6.45, 7) is 9.32. The van der Waals surface area contributed by atoms with Crippen LogP contribution in [-0.4, -0.2) is 0 Å². The fourth-order valence-corrected chi connectivity index (χ4v) is 6.59. The van der Waals surface area contributed by atoms with Crippen LogP contribution < -0.4 is 5.32 Å². The Kier molecular flexibility index (Phi) is 4.60. The first-order chi connectivity index (χ1) is 17.8. The number of anilines is 2. The van der Waals surface area contributed by atoms with E-state index >= 15 is 0 Å². The molecule has 0 amide bonds. The number of hydrogen-bond donors (Lipinski definition) is 1. The highest BCUT2D eigenvalue weighted by atomic mass is 14.9. The van der Waals surface area contributed by atoms with Gasteiger partial charge in [-0.1, -0.05) is 107 Å². The van der Waals surface area contributed by atoms with Gasteiger partial charge in [-0.15, -0.1) is 0 Å². The minimum absolute atomic E-state index is 0.0180. The molecule has 0 unspecified atom stereocenters. The molecule has 5 aromatic carbocycles. The van der Waals surface area contributed by atoms with Crippen LogP contribution in [0.3, 0.4) is 0 Å². The maximum atomic E-state index is 3.64. The molecule has 0 fully saturated rings. The van der Waals surface area contributed by atoms with Crippen LogP contribution in [0.25, 0.3) is 33.4 Å². The van der Waals surface area contributed by atoms with Gasteiger partial charge in [0.25, 0.3) is 0 Å². The molecule has 0 saturated heterocycles. The Morgan fingerprint density at radius 3 is 1.62 bits per heavy atom. The lowest BCUT2D eigenvalue weighted by atomic mass is 9.81. The summed E-state index contributed by atoms with van der Waals surface area (Å²) in [7, 11) is 0. The molecule has 7 rings (SSSR count). The first-order valence-corrected chi connectivity index (χ1v) is 13.2. The predicted molar refractivity (Wildman–Crippen MR) is 157 cm³/mol. The molecule has 0 spiro atoms. The van der Waals surface area contributed by atoms with Gasteiger partial charge in [-0.2, -0.15) is 0 Å². The topological polar surface area (TPSA) is 12.0 Å². The van der Waals surface area contributed by atoms with Gasteiger partial charge in [0.05, 0.1) is 0 Å². The van der Waals surface area contributed by atoms with E-state index in [0.29, 0.717) is 0 Å². The summed E-state index contributed by atoms with van der Waals surface area (Å²) < 4.78 is 0. The van der Waals surface area contributed by atoms with Crippen LogP contribution in [0.1, 0.15) is 49.9 Å². The van der Waals surface area contributed by atoms with E-state index in [-0.39, 0.29) is 10.8 Å². The molecular weight excluding hydrogens is 446 g/mol. The minimum Gasteiger partial charge on any atom is -0.356 e. The third kappa shape index (κ3) is 3.23. The summed E-state index contributed by atoms with van der Waals surface area (Å²) in [5, 5.41) is 3.64. The van der Waals surface area contributed by atoms with Crippen LogP contribution in [0.15, 0.2) is 109 Å². The quantitative estimate of drug-likeness (QED) is 0.273. The molecule has 0 bridgehead atoms. The fraction of sp³-hybridized carbons (Fsp3) is 0.167. The molecule has 180 valence electrons. The van der Waals surface area contributed by atoms with Gasteiger partial charge >= 0.3 is 0 Å². The van der Waals surface area contributed by atoms with Gasteiger partial charge in [0.1, 0.15) is 0 Å². The fourth-order valence-electron chi connectivity index (χ4n) is 6.59. The second-order valence-electron chi connectivity index (χ2n) is 11.6. The number of rotatable bonds is 3. The Morgan fingerprint density at radius 2 is 0.919 bits per heavy atom. The Morgan fingerprint density at radius 1 is 0.405 bits per heavy atom. The molecule has 37 heavy (non-hydrogen) atoms. The van der Waals surface area contributed by atoms with E-state index < -0.39 is 0 Å². The molecule has 0 aliphatic heterocycles. The number of fused-ring (bicyclic) bond motifs is 6. The lowest BCUT2D eigenvalue weighted by molar-refractivity contribution is 0.660. The molecule has 1 heteroatoms. The van der Waals surface area contributed by atoms with E-state index in [2.05, 4.69) is 142 Å². The SMILES string of the molecule is CC1(C)c2ccccc2-c2cc(Nc3ccc(-c4ccc5c(c4)C(C)(C)c4ccccc4-5)cc3)ccc21.